The van der Waals surface area contributed by atoms with Crippen LogP contribution >= 0.6 is 11.6 Å². The number of hydrogen-bond donors (Lipinski definition) is 2. The van der Waals surface area contributed by atoms with Gasteiger partial charge < -0.3 is 10.6 Å². The van der Waals surface area contributed by atoms with Gasteiger partial charge in [-0.25, -0.2) is 9.97 Å². The van der Waals surface area contributed by atoms with Gasteiger partial charge in [0.05, 0.1) is 11.6 Å². The van der Waals surface area contributed by atoms with Gasteiger partial charge in [-0.1, -0.05) is 17.7 Å². The van der Waals surface area contributed by atoms with Crippen LogP contribution in [0.5, 0.6) is 0 Å². The molecular weight excluding hydrogens is 362 g/mol. The first kappa shape index (κ1) is 18.4. The van der Waals surface area contributed by atoms with Crippen LogP contribution in [0.25, 0.3) is 0 Å². The first-order valence-corrected chi connectivity index (χ1v) is 8.53. The molecule has 0 aliphatic carbocycles. The molecule has 27 heavy (non-hydrogen) atoms. The van der Waals surface area contributed by atoms with E-state index in [2.05, 4.69) is 26.7 Å². The molecule has 1 amide bonds. The van der Waals surface area contributed by atoms with E-state index >= 15 is 0 Å². The van der Waals surface area contributed by atoms with Gasteiger partial charge in [0.2, 0.25) is 0 Å². The van der Waals surface area contributed by atoms with Crippen LogP contribution in [0.15, 0.2) is 48.5 Å². The smallest absolute Gasteiger partial charge is 0.274 e. The molecule has 0 fully saturated rings. The molecule has 0 spiro atoms. The van der Waals surface area contributed by atoms with Crippen molar-refractivity contribution in [2.24, 2.45) is 0 Å². The number of amides is 1. The summed E-state index contributed by atoms with van der Waals surface area (Å²) in [5, 5.41) is 15.3. The Morgan fingerprint density at radius 3 is 2.41 bits per heavy atom. The molecule has 2 N–H and O–H groups in total. The molecular formula is C20H16ClN5O. The van der Waals surface area contributed by atoms with Crippen molar-refractivity contribution < 1.29 is 4.79 Å². The molecule has 1 heterocycles. The first-order chi connectivity index (χ1) is 12.9. The van der Waals surface area contributed by atoms with Crippen LogP contribution in [0.4, 0.5) is 17.2 Å². The molecule has 0 radical (unpaired) electrons. The highest BCUT2D eigenvalue weighted by Crippen LogP contribution is 2.21. The van der Waals surface area contributed by atoms with Crippen LogP contribution in [0.1, 0.15) is 27.4 Å². The highest BCUT2D eigenvalue weighted by Gasteiger charge is 2.12. The molecule has 0 saturated heterocycles. The SMILES string of the molecule is Cc1nc(Nc2ccc(C#N)cc2)cc(C(=O)Nc2ccc(C)c(Cl)c2)n1. The van der Waals surface area contributed by atoms with Crippen LogP contribution in [-0.2, 0) is 0 Å². The summed E-state index contributed by atoms with van der Waals surface area (Å²) < 4.78 is 0. The number of halogens is 1. The number of nitrogens with one attached hydrogen (secondary N) is 2. The second kappa shape index (κ2) is 7.85. The Kier molecular flexibility index (Phi) is 5.34. The number of hydrogen-bond acceptors (Lipinski definition) is 5. The Labute approximate surface area is 161 Å². The summed E-state index contributed by atoms with van der Waals surface area (Å²) >= 11 is 6.10. The zero-order valence-electron chi connectivity index (χ0n) is 14.7. The van der Waals surface area contributed by atoms with Crippen molar-refractivity contribution in [1.82, 2.24) is 9.97 Å². The molecule has 0 saturated carbocycles. The van der Waals surface area contributed by atoms with Gasteiger partial charge in [0.1, 0.15) is 17.3 Å². The molecule has 134 valence electrons. The molecule has 2 aromatic carbocycles. The molecule has 3 aromatic rings. The van der Waals surface area contributed by atoms with E-state index in [1.165, 1.54) is 0 Å². The Hall–Kier alpha value is -3.43. The summed E-state index contributed by atoms with van der Waals surface area (Å²) in [6, 6.07) is 15.9. The Morgan fingerprint density at radius 2 is 1.74 bits per heavy atom. The van der Waals surface area contributed by atoms with Gasteiger partial charge >= 0.3 is 0 Å². The van der Waals surface area contributed by atoms with Gasteiger partial charge in [0.25, 0.3) is 5.91 Å². The Balaban J connectivity index is 1.80. The second-order valence-corrected chi connectivity index (χ2v) is 6.33. The van der Waals surface area contributed by atoms with E-state index in [0.29, 0.717) is 27.9 Å². The number of nitriles is 1. The van der Waals surface area contributed by atoms with Crippen molar-refractivity contribution >= 4 is 34.7 Å². The number of carbonyl (C=O) groups excluding carboxylic acids is 1. The molecule has 0 unspecified atom stereocenters. The topological polar surface area (TPSA) is 90.7 Å². The van der Waals surface area contributed by atoms with Gasteiger partial charge in [-0.15, -0.1) is 0 Å². The van der Waals surface area contributed by atoms with Crippen molar-refractivity contribution in [3.8, 4) is 6.07 Å². The molecule has 1 aromatic heterocycles. The van der Waals surface area contributed by atoms with E-state index in [1.54, 1.807) is 49.4 Å². The normalized spacial score (nSPS) is 10.1. The van der Waals surface area contributed by atoms with E-state index in [-0.39, 0.29) is 11.6 Å². The Bertz CT molecular complexity index is 1040. The standard InChI is InChI=1S/C20H16ClN5O/c1-12-3-6-16(9-17(12)21)26-20(27)18-10-19(24-13(2)23-18)25-15-7-4-14(11-22)5-8-15/h3-10H,1-2H3,(H,26,27)(H,23,24,25). The van der Waals surface area contributed by atoms with E-state index in [1.807, 2.05) is 13.0 Å². The van der Waals surface area contributed by atoms with E-state index < -0.39 is 0 Å². The molecule has 7 heteroatoms. The van der Waals surface area contributed by atoms with Crippen molar-refractivity contribution in [1.29, 1.82) is 5.26 Å². The monoisotopic (exact) mass is 377 g/mol. The lowest BCUT2D eigenvalue weighted by Gasteiger charge is -2.10. The third kappa shape index (κ3) is 4.60. The predicted molar refractivity (Wildman–Crippen MR) is 105 cm³/mol. The zero-order valence-corrected chi connectivity index (χ0v) is 15.5. The van der Waals surface area contributed by atoms with Crippen molar-refractivity contribution in [3.05, 3.63) is 76.2 Å². The second-order valence-electron chi connectivity index (χ2n) is 5.92. The Morgan fingerprint density at radius 1 is 1.04 bits per heavy atom. The maximum Gasteiger partial charge on any atom is 0.274 e. The van der Waals surface area contributed by atoms with E-state index in [4.69, 9.17) is 16.9 Å². The lowest BCUT2D eigenvalue weighted by molar-refractivity contribution is 0.102. The van der Waals surface area contributed by atoms with Gasteiger partial charge in [0.15, 0.2) is 0 Å². The highest BCUT2D eigenvalue weighted by molar-refractivity contribution is 6.31. The lowest BCUT2D eigenvalue weighted by Crippen LogP contribution is -2.15. The first-order valence-electron chi connectivity index (χ1n) is 8.15. The minimum absolute atomic E-state index is 0.232. The molecule has 0 bridgehead atoms. The maximum atomic E-state index is 12.5. The summed E-state index contributed by atoms with van der Waals surface area (Å²) in [5.41, 5.74) is 3.07. The lowest BCUT2D eigenvalue weighted by atomic mass is 10.2. The minimum Gasteiger partial charge on any atom is -0.340 e. The van der Waals surface area contributed by atoms with Crippen LogP contribution in [0.3, 0.4) is 0 Å². The van der Waals surface area contributed by atoms with Gasteiger partial charge in [-0.2, -0.15) is 5.26 Å². The summed E-state index contributed by atoms with van der Waals surface area (Å²) in [7, 11) is 0. The molecule has 0 aliphatic heterocycles. The fourth-order valence-electron chi connectivity index (χ4n) is 2.39. The molecule has 0 aliphatic rings. The highest BCUT2D eigenvalue weighted by atomic mass is 35.5. The largest absolute Gasteiger partial charge is 0.340 e. The molecule has 0 atom stereocenters. The van der Waals surface area contributed by atoms with Gasteiger partial charge in [-0.3, -0.25) is 4.79 Å². The number of anilines is 3. The summed E-state index contributed by atoms with van der Waals surface area (Å²) in [5.74, 6) is 0.586. The quantitative estimate of drug-likeness (QED) is 0.692. The van der Waals surface area contributed by atoms with Crippen LogP contribution in [0, 0.1) is 25.2 Å². The summed E-state index contributed by atoms with van der Waals surface area (Å²) in [6.45, 7) is 3.60. The number of carbonyl (C=O) groups is 1. The fourth-order valence-corrected chi connectivity index (χ4v) is 2.57. The maximum absolute atomic E-state index is 12.5. The number of aromatic nitrogens is 2. The minimum atomic E-state index is -0.358. The summed E-state index contributed by atoms with van der Waals surface area (Å²) in [6.07, 6.45) is 0. The van der Waals surface area contributed by atoms with E-state index in [0.717, 1.165) is 11.3 Å². The number of aryl methyl sites for hydroxylation is 2. The van der Waals surface area contributed by atoms with Crippen molar-refractivity contribution in [3.63, 3.8) is 0 Å². The van der Waals surface area contributed by atoms with E-state index in [9.17, 15) is 4.79 Å². The van der Waals surface area contributed by atoms with Gasteiger partial charge in [0, 0.05) is 22.5 Å². The molecule has 3 rings (SSSR count). The van der Waals surface area contributed by atoms with Gasteiger partial charge in [-0.05, 0) is 55.8 Å². The van der Waals surface area contributed by atoms with Crippen LogP contribution < -0.4 is 10.6 Å². The summed E-state index contributed by atoms with van der Waals surface area (Å²) in [4.78, 5) is 21.0. The third-order valence-corrected chi connectivity index (χ3v) is 4.19. The number of nitrogens with zero attached hydrogens (tertiary/aromatic N) is 3. The third-order valence-electron chi connectivity index (χ3n) is 3.79. The molecule has 6 nitrogen and oxygen atoms in total. The predicted octanol–water partition coefficient (Wildman–Crippen LogP) is 4.61. The van der Waals surface area contributed by atoms with Crippen molar-refractivity contribution in [2.45, 2.75) is 13.8 Å². The zero-order chi connectivity index (χ0) is 19.4. The number of rotatable bonds is 4. The van der Waals surface area contributed by atoms with Crippen LogP contribution in [0.2, 0.25) is 5.02 Å². The number of benzene rings is 2. The van der Waals surface area contributed by atoms with Crippen molar-refractivity contribution in [2.75, 3.05) is 10.6 Å². The average Bonchev–Trinajstić information content (AvgIpc) is 2.65. The fraction of sp³-hybridized carbons (Fsp3) is 0.100. The van der Waals surface area contributed by atoms with Crippen LogP contribution in [-0.4, -0.2) is 15.9 Å². The average molecular weight is 378 g/mol.